The molecule has 1 N–H and O–H groups in total. The van der Waals surface area contributed by atoms with Gasteiger partial charge in [-0.3, -0.25) is 9.59 Å². The summed E-state index contributed by atoms with van der Waals surface area (Å²) in [5.74, 6) is 2.27. The van der Waals surface area contributed by atoms with Gasteiger partial charge in [0.05, 0.1) is 45.0 Å². The van der Waals surface area contributed by atoms with E-state index in [-0.39, 0.29) is 23.8 Å². The number of methoxy groups -OCH3 is 1. The average molecular weight is 423 g/mol. The van der Waals surface area contributed by atoms with Crippen molar-refractivity contribution in [2.75, 3.05) is 72.0 Å². The number of quaternary nitrogens is 1. The van der Waals surface area contributed by atoms with Gasteiger partial charge in [0.2, 0.25) is 11.8 Å². The number of benzene rings is 1. The van der Waals surface area contributed by atoms with E-state index in [4.69, 9.17) is 14.2 Å². The van der Waals surface area contributed by atoms with E-state index in [2.05, 4.69) is 0 Å². The van der Waals surface area contributed by atoms with Crippen molar-refractivity contribution in [1.29, 1.82) is 0 Å². The lowest BCUT2D eigenvalue weighted by molar-refractivity contribution is -0.903. The molecule has 9 heteroatoms. The topological polar surface area (TPSA) is 72.8 Å². The second-order valence-corrected chi connectivity index (χ2v) is 8.54. The molecular formula is C20H28N3O5S+. The van der Waals surface area contributed by atoms with Crippen molar-refractivity contribution in [3.05, 3.63) is 23.8 Å². The van der Waals surface area contributed by atoms with E-state index >= 15 is 0 Å². The van der Waals surface area contributed by atoms with Gasteiger partial charge in [-0.2, -0.15) is 0 Å². The zero-order valence-corrected chi connectivity index (χ0v) is 17.5. The highest BCUT2D eigenvalue weighted by molar-refractivity contribution is 8.00. The normalized spacial score (nSPS) is 22.2. The maximum Gasteiger partial charge on any atom is 0.248 e. The highest BCUT2D eigenvalue weighted by atomic mass is 32.2. The first-order chi connectivity index (χ1) is 14.2. The SMILES string of the molecule is COCC(=O)N1CC[NH+](CCN2C(=O)CS[C@@H]2c2ccc3c(c2)OCCO3)CC1. The van der Waals surface area contributed by atoms with Crippen molar-refractivity contribution in [3.8, 4) is 11.5 Å². The molecule has 3 heterocycles. The molecule has 4 rings (SSSR count). The molecule has 0 aliphatic carbocycles. The molecule has 158 valence electrons. The number of nitrogens with one attached hydrogen (secondary N) is 1. The van der Waals surface area contributed by atoms with Gasteiger partial charge >= 0.3 is 0 Å². The molecule has 2 amide bonds. The lowest BCUT2D eigenvalue weighted by Crippen LogP contribution is -3.15. The molecule has 8 nitrogen and oxygen atoms in total. The van der Waals surface area contributed by atoms with Crippen molar-refractivity contribution in [3.63, 3.8) is 0 Å². The lowest BCUT2D eigenvalue weighted by Gasteiger charge is -2.33. The van der Waals surface area contributed by atoms with Gasteiger partial charge in [0, 0.05) is 7.11 Å². The second kappa shape index (κ2) is 9.23. The zero-order chi connectivity index (χ0) is 20.2. The summed E-state index contributed by atoms with van der Waals surface area (Å²) in [6.07, 6.45) is 0. The zero-order valence-electron chi connectivity index (χ0n) is 16.7. The van der Waals surface area contributed by atoms with Crippen LogP contribution in [0.5, 0.6) is 11.5 Å². The minimum absolute atomic E-state index is 0.0160. The van der Waals surface area contributed by atoms with Crippen LogP contribution in [0.4, 0.5) is 0 Å². The summed E-state index contributed by atoms with van der Waals surface area (Å²) < 4.78 is 16.2. The summed E-state index contributed by atoms with van der Waals surface area (Å²) in [7, 11) is 1.54. The Labute approximate surface area is 175 Å². The quantitative estimate of drug-likeness (QED) is 0.661. The van der Waals surface area contributed by atoms with Gasteiger partial charge in [0.25, 0.3) is 0 Å². The van der Waals surface area contributed by atoms with Gasteiger partial charge in [-0.1, -0.05) is 6.07 Å². The molecule has 0 spiro atoms. The van der Waals surface area contributed by atoms with E-state index in [1.807, 2.05) is 28.0 Å². The smallest absolute Gasteiger partial charge is 0.248 e. The van der Waals surface area contributed by atoms with Gasteiger partial charge in [0.1, 0.15) is 25.2 Å². The van der Waals surface area contributed by atoms with Crippen LogP contribution >= 0.6 is 11.8 Å². The maximum absolute atomic E-state index is 12.5. The van der Waals surface area contributed by atoms with Crippen LogP contribution in [-0.2, 0) is 14.3 Å². The molecule has 0 saturated carbocycles. The Morgan fingerprint density at radius 2 is 2.00 bits per heavy atom. The number of amides is 2. The summed E-state index contributed by atoms with van der Waals surface area (Å²) in [6, 6.07) is 5.97. The molecule has 29 heavy (non-hydrogen) atoms. The summed E-state index contributed by atoms with van der Waals surface area (Å²) in [4.78, 5) is 29.7. The first-order valence-corrected chi connectivity index (χ1v) is 11.1. The second-order valence-electron chi connectivity index (χ2n) is 7.47. The first kappa shape index (κ1) is 20.3. The van der Waals surface area contributed by atoms with Crippen LogP contribution in [0.25, 0.3) is 0 Å². The summed E-state index contributed by atoms with van der Waals surface area (Å²) in [5, 5.41) is 0.0160. The highest BCUT2D eigenvalue weighted by Gasteiger charge is 2.34. The van der Waals surface area contributed by atoms with Crippen molar-refractivity contribution < 1.29 is 28.7 Å². The van der Waals surface area contributed by atoms with E-state index in [0.717, 1.165) is 49.8 Å². The molecule has 3 aliphatic rings. The standard InChI is InChI=1S/C20H27N3O5S/c1-26-13-18(24)22-7-4-21(5-8-22)6-9-23-19(25)14-29-20(23)15-2-3-16-17(12-15)28-11-10-27-16/h2-3,12,20H,4-11,13-14H2,1H3/p+1/t20-/m1/s1. The third kappa shape index (κ3) is 4.62. The highest BCUT2D eigenvalue weighted by Crippen LogP contribution is 2.41. The fourth-order valence-corrected chi connectivity index (χ4v) is 5.21. The number of ether oxygens (including phenoxy) is 3. The summed E-state index contributed by atoms with van der Waals surface area (Å²) in [5.41, 5.74) is 1.08. The minimum Gasteiger partial charge on any atom is -0.486 e. The monoisotopic (exact) mass is 422 g/mol. The molecule has 0 radical (unpaired) electrons. The van der Waals surface area contributed by atoms with Crippen LogP contribution in [0.3, 0.4) is 0 Å². The van der Waals surface area contributed by atoms with Crippen molar-refractivity contribution in [1.82, 2.24) is 9.80 Å². The van der Waals surface area contributed by atoms with Gasteiger partial charge in [-0.05, 0) is 17.7 Å². The Hall–Kier alpha value is -1.97. The van der Waals surface area contributed by atoms with E-state index in [1.165, 1.54) is 4.90 Å². The number of piperazine rings is 1. The number of hydrogen-bond acceptors (Lipinski definition) is 6. The number of rotatable bonds is 6. The number of nitrogens with zero attached hydrogens (tertiary/aromatic N) is 2. The van der Waals surface area contributed by atoms with E-state index in [9.17, 15) is 9.59 Å². The molecule has 1 atom stereocenters. The fraction of sp³-hybridized carbons (Fsp3) is 0.600. The van der Waals surface area contributed by atoms with E-state index in [1.54, 1.807) is 18.9 Å². The van der Waals surface area contributed by atoms with Crippen LogP contribution in [0.15, 0.2) is 18.2 Å². The van der Waals surface area contributed by atoms with Crippen LogP contribution < -0.4 is 14.4 Å². The van der Waals surface area contributed by atoms with Crippen LogP contribution in [0.1, 0.15) is 10.9 Å². The molecule has 2 fully saturated rings. The average Bonchev–Trinajstić information content (AvgIpc) is 3.12. The van der Waals surface area contributed by atoms with Gasteiger partial charge in [0.15, 0.2) is 11.5 Å². The Bertz CT molecular complexity index is 754. The number of carbonyl (C=O) groups is 2. The molecule has 1 aromatic carbocycles. The van der Waals surface area contributed by atoms with Crippen molar-refractivity contribution >= 4 is 23.6 Å². The predicted octanol–water partition coefficient (Wildman–Crippen LogP) is -0.595. The number of hydrogen-bond donors (Lipinski definition) is 1. The Balaban J connectivity index is 1.33. The lowest BCUT2D eigenvalue weighted by atomic mass is 10.1. The fourth-order valence-electron chi connectivity index (χ4n) is 4.00. The molecule has 0 unspecified atom stereocenters. The molecule has 0 bridgehead atoms. The molecular weight excluding hydrogens is 394 g/mol. The third-order valence-electron chi connectivity index (χ3n) is 5.62. The van der Waals surface area contributed by atoms with Gasteiger partial charge in [-0.15, -0.1) is 11.8 Å². The van der Waals surface area contributed by atoms with Crippen LogP contribution in [0.2, 0.25) is 0 Å². The largest absolute Gasteiger partial charge is 0.486 e. The van der Waals surface area contributed by atoms with E-state index < -0.39 is 0 Å². The Kier molecular flexibility index (Phi) is 6.46. The Morgan fingerprint density at radius 1 is 1.24 bits per heavy atom. The van der Waals surface area contributed by atoms with Crippen LogP contribution in [0, 0.1) is 0 Å². The Morgan fingerprint density at radius 3 is 2.76 bits per heavy atom. The molecule has 3 aliphatic heterocycles. The minimum atomic E-state index is 0.0160. The predicted molar refractivity (Wildman–Crippen MR) is 108 cm³/mol. The third-order valence-corrected chi connectivity index (χ3v) is 6.87. The van der Waals surface area contributed by atoms with E-state index in [0.29, 0.717) is 25.5 Å². The number of carbonyl (C=O) groups excluding carboxylic acids is 2. The summed E-state index contributed by atoms with van der Waals surface area (Å²) in [6.45, 7) is 6.16. The molecule has 1 aromatic rings. The van der Waals surface area contributed by atoms with Gasteiger partial charge < -0.3 is 28.9 Å². The number of fused-ring (bicyclic) bond motifs is 1. The molecule has 0 aromatic heterocycles. The molecule has 2 saturated heterocycles. The summed E-state index contributed by atoms with van der Waals surface area (Å²) >= 11 is 1.66. The number of thioether (sulfide) groups is 1. The van der Waals surface area contributed by atoms with Crippen molar-refractivity contribution in [2.24, 2.45) is 0 Å². The van der Waals surface area contributed by atoms with Gasteiger partial charge in [-0.25, -0.2) is 0 Å². The first-order valence-electron chi connectivity index (χ1n) is 10.1. The maximum atomic E-state index is 12.5. The van der Waals surface area contributed by atoms with Crippen molar-refractivity contribution in [2.45, 2.75) is 5.37 Å². The van der Waals surface area contributed by atoms with Crippen LogP contribution in [-0.4, -0.2) is 93.6 Å².